The van der Waals surface area contributed by atoms with Gasteiger partial charge in [-0.25, -0.2) is 9.18 Å². The molecule has 2 aromatic rings. The number of hydrogen-bond acceptors (Lipinski definition) is 3. The minimum atomic E-state index is -0.440. The second-order valence-corrected chi connectivity index (χ2v) is 4.91. The summed E-state index contributed by atoms with van der Waals surface area (Å²) in [6.07, 6.45) is 0.356. The zero-order valence-corrected chi connectivity index (χ0v) is 11.7. The Hall–Kier alpha value is -2.89. The highest BCUT2D eigenvalue weighted by Crippen LogP contribution is 2.28. The molecular formula is C16H14FN3O2. The average molecular weight is 299 g/mol. The molecule has 0 fully saturated rings. The molecule has 0 saturated carbocycles. The van der Waals surface area contributed by atoms with E-state index in [1.165, 1.54) is 23.1 Å². The van der Waals surface area contributed by atoms with Gasteiger partial charge in [0.2, 0.25) is 0 Å². The summed E-state index contributed by atoms with van der Waals surface area (Å²) in [7, 11) is 0. The quantitative estimate of drug-likeness (QED) is 0.625. The van der Waals surface area contributed by atoms with Crippen LogP contribution in [0.5, 0.6) is 0 Å². The molecule has 0 atom stereocenters. The summed E-state index contributed by atoms with van der Waals surface area (Å²) in [6, 6.07) is 12.8. The molecular weight excluding hydrogens is 285 g/mol. The summed E-state index contributed by atoms with van der Waals surface area (Å²) < 4.78 is 13.4. The van der Waals surface area contributed by atoms with E-state index < -0.39 is 5.82 Å². The molecule has 2 aromatic carbocycles. The number of rotatable bonds is 1. The Kier molecular flexibility index (Phi) is 3.74. The van der Waals surface area contributed by atoms with Gasteiger partial charge in [-0.3, -0.25) is 4.90 Å². The molecule has 5 nitrogen and oxygen atoms in total. The van der Waals surface area contributed by atoms with Crippen LogP contribution in [0.15, 0.2) is 53.7 Å². The smallest absolute Gasteiger partial charge is 0.326 e. The van der Waals surface area contributed by atoms with Crippen molar-refractivity contribution in [2.45, 2.75) is 6.42 Å². The number of benzene rings is 2. The van der Waals surface area contributed by atoms with Crippen molar-refractivity contribution < 1.29 is 14.4 Å². The predicted molar refractivity (Wildman–Crippen MR) is 82.1 cm³/mol. The zero-order chi connectivity index (χ0) is 15.5. The lowest BCUT2D eigenvalue weighted by Crippen LogP contribution is -2.40. The number of urea groups is 1. The van der Waals surface area contributed by atoms with Crippen LogP contribution in [-0.2, 0) is 0 Å². The number of hydrogen-bond donors (Lipinski definition) is 2. The highest BCUT2D eigenvalue weighted by atomic mass is 19.1. The number of carbonyl (C=O) groups excluding carboxylic acids is 1. The minimum absolute atomic E-state index is 0.309. The number of halogens is 1. The fraction of sp³-hybridized carbons (Fsp3) is 0.125. The van der Waals surface area contributed by atoms with E-state index in [1.54, 1.807) is 12.1 Å². The van der Waals surface area contributed by atoms with Gasteiger partial charge in [0.1, 0.15) is 5.82 Å². The fourth-order valence-corrected chi connectivity index (χ4v) is 2.47. The Bertz CT molecular complexity index is 731. The standard InChI is InChI=1S/C16H14FN3O2/c17-11-6-7-15-13(10-11)14(19-22)8-9-20(15)16(21)18-12-4-2-1-3-5-12/h1-7,10,22H,8-9H2,(H,18,21). The van der Waals surface area contributed by atoms with Crippen LogP contribution in [0.1, 0.15) is 12.0 Å². The third-order valence-electron chi connectivity index (χ3n) is 3.52. The van der Waals surface area contributed by atoms with Crippen LogP contribution < -0.4 is 10.2 Å². The van der Waals surface area contributed by atoms with Crippen molar-refractivity contribution in [2.75, 3.05) is 16.8 Å². The van der Waals surface area contributed by atoms with Crippen LogP contribution in [-0.4, -0.2) is 23.5 Å². The predicted octanol–water partition coefficient (Wildman–Crippen LogP) is 3.45. The molecule has 1 heterocycles. The number of amides is 2. The monoisotopic (exact) mass is 299 g/mol. The molecule has 0 unspecified atom stereocenters. The molecule has 0 spiro atoms. The number of nitrogens with zero attached hydrogens (tertiary/aromatic N) is 2. The van der Waals surface area contributed by atoms with Gasteiger partial charge in [-0.2, -0.15) is 0 Å². The number of para-hydroxylation sites is 1. The largest absolute Gasteiger partial charge is 0.411 e. The van der Waals surface area contributed by atoms with Gasteiger partial charge in [0.05, 0.1) is 11.4 Å². The molecule has 2 N–H and O–H groups in total. The summed E-state index contributed by atoms with van der Waals surface area (Å²) in [5.41, 5.74) is 2.00. The van der Waals surface area contributed by atoms with Gasteiger partial charge in [-0.05, 0) is 30.3 Å². The molecule has 0 aliphatic carbocycles. The Labute approximate surface area is 126 Å². The van der Waals surface area contributed by atoms with E-state index in [0.29, 0.717) is 35.6 Å². The molecule has 0 bridgehead atoms. The summed E-state index contributed by atoms with van der Waals surface area (Å²) in [6.45, 7) is 0.358. The first-order valence-electron chi connectivity index (χ1n) is 6.83. The van der Waals surface area contributed by atoms with Crippen LogP contribution in [0.25, 0.3) is 0 Å². The Morgan fingerprint density at radius 1 is 1.23 bits per heavy atom. The van der Waals surface area contributed by atoms with Gasteiger partial charge in [-0.15, -0.1) is 0 Å². The molecule has 3 rings (SSSR count). The van der Waals surface area contributed by atoms with Crippen molar-refractivity contribution in [3.63, 3.8) is 0 Å². The highest BCUT2D eigenvalue weighted by molar-refractivity contribution is 6.13. The van der Waals surface area contributed by atoms with Crippen LogP contribution in [0.3, 0.4) is 0 Å². The van der Waals surface area contributed by atoms with Crippen molar-refractivity contribution >= 4 is 23.1 Å². The number of nitrogens with one attached hydrogen (secondary N) is 1. The summed E-state index contributed by atoms with van der Waals surface area (Å²) in [5, 5.41) is 15.0. The van der Waals surface area contributed by atoms with E-state index in [1.807, 2.05) is 18.2 Å². The number of anilines is 2. The van der Waals surface area contributed by atoms with Gasteiger partial charge in [0.25, 0.3) is 0 Å². The zero-order valence-electron chi connectivity index (χ0n) is 11.7. The average Bonchev–Trinajstić information content (AvgIpc) is 2.54. The second-order valence-electron chi connectivity index (χ2n) is 4.91. The van der Waals surface area contributed by atoms with E-state index >= 15 is 0 Å². The second kappa shape index (κ2) is 5.85. The molecule has 1 aliphatic rings. The fourth-order valence-electron chi connectivity index (χ4n) is 2.47. The third-order valence-corrected chi connectivity index (χ3v) is 3.52. The number of fused-ring (bicyclic) bond motifs is 1. The molecule has 1 aliphatic heterocycles. The van der Waals surface area contributed by atoms with Crippen molar-refractivity contribution in [3.05, 3.63) is 59.9 Å². The summed E-state index contributed by atoms with van der Waals surface area (Å²) in [5.74, 6) is -0.440. The van der Waals surface area contributed by atoms with Gasteiger partial charge >= 0.3 is 6.03 Å². The van der Waals surface area contributed by atoms with E-state index in [-0.39, 0.29) is 6.03 Å². The lowest BCUT2D eigenvalue weighted by atomic mass is 9.99. The lowest BCUT2D eigenvalue weighted by molar-refractivity contribution is 0.257. The molecule has 0 radical (unpaired) electrons. The molecule has 0 saturated heterocycles. The van der Waals surface area contributed by atoms with Crippen molar-refractivity contribution in [1.82, 2.24) is 0 Å². The van der Waals surface area contributed by atoms with E-state index in [9.17, 15) is 9.18 Å². The third kappa shape index (κ3) is 2.63. The molecule has 2 amide bonds. The SMILES string of the molecule is O=C(Nc1ccccc1)N1CCC(=NO)c2cc(F)ccc21. The van der Waals surface area contributed by atoms with Crippen molar-refractivity contribution in [2.24, 2.45) is 5.16 Å². The first-order valence-corrected chi connectivity index (χ1v) is 6.83. The molecule has 0 aromatic heterocycles. The number of carbonyl (C=O) groups is 1. The molecule has 6 heteroatoms. The van der Waals surface area contributed by atoms with Crippen molar-refractivity contribution in [1.29, 1.82) is 0 Å². The molecule has 22 heavy (non-hydrogen) atoms. The summed E-state index contributed by atoms with van der Waals surface area (Å²) >= 11 is 0. The van der Waals surface area contributed by atoms with Gasteiger partial charge in [0.15, 0.2) is 0 Å². The normalized spacial score (nSPS) is 15.5. The maximum Gasteiger partial charge on any atom is 0.326 e. The van der Waals surface area contributed by atoms with Crippen LogP contribution in [0.2, 0.25) is 0 Å². The Morgan fingerprint density at radius 2 is 2.00 bits per heavy atom. The number of oxime groups is 1. The maximum absolute atomic E-state index is 13.4. The lowest BCUT2D eigenvalue weighted by Gasteiger charge is -2.29. The highest BCUT2D eigenvalue weighted by Gasteiger charge is 2.27. The van der Waals surface area contributed by atoms with Crippen LogP contribution in [0, 0.1) is 5.82 Å². The van der Waals surface area contributed by atoms with E-state index in [0.717, 1.165) is 0 Å². The Morgan fingerprint density at radius 3 is 2.73 bits per heavy atom. The van der Waals surface area contributed by atoms with E-state index in [4.69, 9.17) is 5.21 Å². The topological polar surface area (TPSA) is 64.9 Å². The molecule has 112 valence electrons. The van der Waals surface area contributed by atoms with Gasteiger partial charge in [-0.1, -0.05) is 23.4 Å². The van der Waals surface area contributed by atoms with Gasteiger partial charge < -0.3 is 10.5 Å². The minimum Gasteiger partial charge on any atom is -0.411 e. The van der Waals surface area contributed by atoms with Crippen LogP contribution in [0.4, 0.5) is 20.6 Å². The van der Waals surface area contributed by atoms with Gasteiger partial charge in [0, 0.05) is 24.2 Å². The van der Waals surface area contributed by atoms with E-state index in [2.05, 4.69) is 10.5 Å². The first-order chi connectivity index (χ1) is 10.7. The van der Waals surface area contributed by atoms with Crippen LogP contribution >= 0.6 is 0 Å². The van der Waals surface area contributed by atoms with Crippen molar-refractivity contribution in [3.8, 4) is 0 Å². The first kappa shape index (κ1) is 14.1. The Balaban J connectivity index is 1.91. The maximum atomic E-state index is 13.4. The summed E-state index contributed by atoms with van der Waals surface area (Å²) in [4.78, 5) is 13.9.